The van der Waals surface area contributed by atoms with Gasteiger partial charge in [0.2, 0.25) is 5.91 Å². The molecule has 96 valence electrons. The molecule has 0 saturated heterocycles. The molecule has 0 saturated carbocycles. The minimum absolute atomic E-state index is 0.0732. The zero-order valence-electron chi connectivity index (χ0n) is 10.0. The van der Waals surface area contributed by atoms with Crippen LogP contribution in [0.15, 0.2) is 16.9 Å². The van der Waals surface area contributed by atoms with E-state index >= 15 is 0 Å². The van der Waals surface area contributed by atoms with Crippen LogP contribution in [0.1, 0.15) is 0 Å². The lowest BCUT2D eigenvalue weighted by Gasteiger charge is -2.17. The number of nitrogens with one attached hydrogen (secondary N) is 3. The van der Waals surface area contributed by atoms with Gasteiger partial charge in [0.15, 0.2) is 0 Å². The molecule has 6 nitrogen and oxygen atoms in total. The van der Waals surface area contributed by atoms with Crippen LogP contribution in [0.4, 0.5) is 11.4 Å². The van der Waals surface area contributed by atoms with E-state index in [1.807, 2.05) is 47.7 Å². The zero-order chi connectivity index (χ0) is 13.3. The van der Waals surface area contributed by atoms with Gasteiger partial charge in [-0.1, -0.05) is 22.6 Å². The molecule has 0 aliphatic rings. The van der Waals surface area contributed by atoms with Gasteiger partial charge in [0.1, 0.15) is 0 Å². The van der Waals surface area contributed by atoms with Crippen LogP contribution in [0.25, 0.3) is 11.0 Å². The van der Waals surface area contributed by atoms with Gasteiger partial charge in [-0.25, -0.2) is 4.79 Å². The Bertz CT molecular complexity index is 644. The molecule has 2 rings (SSSR count). The molecule has 0 radical (unpaired) electrons. The molecule has 0 bridgehead atoms. The Labute approximate surface area is 117 Å². The lowest BCUT2D eigenvalue weighted by molar-refractivity contribution is -0.113. The van der Waals surface area contributed by atoms with Gasteiger partial charge in [-0.3, -0.25) is 4.79 Å². The van der Waals surface area contributed by atoms with E-state index in [2.05, 4.69) is 15.3 Å². The number of alkyl halides is 1. The molecular formula is C11H13IN4O2. The molecule has 0 unspecified atom stereocenters. The maximum Gasteiger partial charge on any atom is 0.323 e. The van der Waals surface area contributed by atoms with Crippen LogP contribution >= 0.6 is 22.6 Å². The molecule has 1 aromatic heterocycles. The topological polar surface area (TPSA) is 81.0 Å². The maximum absolute atomic E-state index is 11.5. The highest BCUT2D eigenvalue weighted by atomic mass is 127. The largest absolute Gasteiger partial charge is 0.376 e. The number of hydrogen-bond acceptors (Lipinski definition) is 3. The van der Waals surface area contributed by atoms with Crippen molar-refractivity contribution in [1.82, 2.24) is 9.97 Å². The molecule has 0 aliphatic carbocycles. The average Bonchev–Trinajstić information content (AvgIpc) is 2.66. The number of nitrogens with zero attached hydrogens (tertiary/aromatic N) is 1. The van der Waals surface area contributed by atoms with Gasteiger partial charge in [0.25, 0.3) is 0 Å². The van der Waals surface area contributed by atoms with Crippen molar-refractivity contribution in [2.45, 2.75) is 0 Å². The average molecular weight is 360 g/mol. The fourth-order valence-corrected chi connectivity index (χ4v) is 1.92. The van der Waals surface area contributed by atoms with E-state index in [-0.39, 0.29) is 11.6 Å². The Balaban J connectivity index is 2.57. The highest BCUT2D eigenvalue weighted by Crippen LogP contribution is 2.28. The first kappa shape index (κ1) is 12.9. The van der Waals surface area contributed by atoms with Crippen LogP contribution in [-0.2, 0) is 4.79 Å². The summed E-state index contributed by atoms with van der Waals surface area (Å²) in [5.41, 5.74) is 2.66. The molecular weight excluding hydrogens is 347 g/mol. The molecule has 1 aromatic carbocycles. The Morgan fingerprint density at radius 1 is 1.33 bits per heavy atom. The summed E-state index contributed by atoms with van der Waals surface area (Å²) in [5, 5.41) is 2.82. The monoisotopic (exact) mass is 360 g/mol. The molecule has 2 aromatic rings. The maximum atomic E-state index is 11.5. The van der Waals surface area contributed by atoms with Gasteiger partial charge >= 0.3 is 5.69 Å². The summed E-state index contributed by atoms with van der Waals surface area (Å²) in [6.07, 6.45) is 0. The number of amides is 1. The normalized spacial score (nSPS) is 10.6. The van der Waals surface area contributed by atoms with Crippen LogP contribution < -0.4 is 15.9 Å². The second kappa shape index (κ2) is 5.01. The predicted molar refractivity (Wildman–Crippen MR) is 80.8 cm³/mol. The molecule has 1 heterocycles. The van der Waals surface area contributed by atoms with Crippen molar-refractivity contribution in [2.75, 3.05) is 28.7 Å². The minimum atomic E-state index is -0.257. The number of H-pyrrole nitrogens is 2. The number of carbonyl (C=O) groups is 1. The summed E-state index contributed by atoms with van der Waals surface area (Å²) in [4.78, 5) is 30.0. The molecule has 7 heteroatoms. The van der Waals surface area contributed by atoms with Gasteiger partial charge in [-0.2, -0.15) is 0 Å². The lowest BCUT2D eigenvalue weighted by atomic mass is 10.2. The Morgan fingerprint density at radius 3 is 2.50 bits per heavy atom. The van der Waals surface area contributed by atoms with Crippen LogP contribution in [0.5, 0.6) is 0 Å². The van der Waals surface area contributed by atoms with Gasteiger partial charge in [-0.15, -0.1) is 0 Å². The van der Waals surface area contributed by atoms with Gasteiger partial charge < -0.3 is 20.2 Å². The summed E-state index contributed by atoms with van der Waals surface area (Å²) < 4.78 is 0.381. The highest BCUT2D eigenvalue weighted by molar-refractivity contribution is 14.1. The molecule has 3 N–H and O–H groups in total. The standard InChI is InChI=1S/C11H13IN4O2/c1-16(2)9-4-7-6(14-11(18)15-7)3-8(9)13-10(17)5-12/h3-4H,5H2,1-2H3,(H,13,17)(H2,14,15,18). The molecule has 1 amide bonds. The summed E-state index contributed by atoms with van der Waals surface area (Å²) in [7, 11) is 3.76. The number of halogens is 1. The van der Waals surface area contributed by atoms with Crippen molar-refractivity contribution in [3.8, 4) is 0 Å². The third kappa shape index (κ3) is 2.50. The SMILES string of the molecule is CN(C)c1cc2[nH]c(=O)[nH]c2cc1NC(=O)CI. The number of hydrogen-bond donors (Lipinski definition) is 3. The summed E-state index contributed by atoms with van der Waals surface area (Å²) in [5.74, 6) is -0.0732. The molecule has 18 heavy (non-hydrogen) atoms. The van der Waals surface area contributed by atoms with E-state index in [9.17, 15) is 9.59 Å². The van der Waals surface area contributed by atoms with E-state index in [1.165, 1.54) is 0 Å². The second-order valence-electron chi connectivity index (χ2n) is 4.07. The Morgan fingerprint density at radius 2 is 1.94 bits per heavy atom. The zero-order valence-corrected chi connectivity index (χ0v) is 12.2. The quantitative estimate of drug-likeness (QED) is 0.570. The van der Waals surface area contributed by atoms with Crippen molar-refractivity contribution in [2.24, 2.45) is 0 Å². The first-order valence-corrected chi connectivity index (χ1v) is 6.83. The number of benzene rings is 1. The fraction of sp³-hybridized carbons (Fsp3) is 0.273. The number of imidazole rings is 1. The first-order valence-electron chi connectivity index (χ1n) is 5.30. The second-order valence-corrected chi connectivity index (χ2v) is 4.83. The van der Waals surface area contributed by atoms with E-state index in [0.717, 1.165) is 11.2 Å². The first-order chi connectivity index (χ1) is 8.51. The number of fused-ring (bicyclic) bond motifs is 1. The number of aromatic nitrogens is 2. The fourth-order valence-electron chi connectivity index (χ4n) is 1.72. The van der Waals surface area contributed by atoms with Crippen molar-refractivity contribution in [1.29, 1.82) is 0 Å². The van der Waals surface area contributed by atoms with E-state index < -0.39 is 0 Å². The Hall–Kier alpha value is -1.51. The summed E-state index contributed by atoms with van der Waals surface area (Å²) >= 11 is 2.00. The van der Waals surface area contributed by atoms with Gasteiger partial charge in [0, 0.05) is 14.1 Å². The smallest absolute Gasteiger partial charge is 0.323 e. The molecule has 0 aliphatic heterocycles. The highest BCUT2D eigenvalue weighted by Gasteiger charge is 2.11. The van der Waals surface area contributed by atoms with Crippen molar-refractivity contribution in [3.05, 3.63) is 22.6 Å². The molecule has 0 atom stereocenters. The molecule has 0 spiro atoms. The third-order valence-corrected chi connectivity index (χ3v) is 3.20. The van der Waals surface area contributed by atoms with Crippen LogP contribution in [-0.4, -0.2) is 34.4 Å². The van der Waals surface area contributed by atoms with Crippen LogP contribution in [0, 0.1) is 0 Å². The van der Waals surface area contributed by atoms with Crippen molar-refractivity contribution < 1.29 is 4.79 Å². The van der Waals surface area contributed by atoms with Crippen molar-refractivity contribution >= 4 is 50.9 Å². The van der Waals surface area contributed by atoms with E-state index in [1.54, 1.807) is 6.07 Å². The summed E-state index contributed by atoms with van der Waals surface area (Å²) in [6, 6.07) is 3.59. The number of anilines is 2. The van der Waals surface area contributed by atoms with Crippen LogP contribution in [0.3, 0.4) is 0 Å². The third-order valence-electron chi connectivity index (χ3n) is 2.51. The number of rotatable bonds is 3. The van der Waals surface area contributed by atoms with Gasteiger partial charge in [-0.05, 0) is 12.1 Å². The predicted octanol–water partition coefficient (Wildman–Crippen LogP) is 1.30. The van der Waals surface area contributed by atoms with E-state index in [0.29, 0.717) is 15.6 Å². The van der Waals surface area contributed by atoms with E-state index in [4.69, 9.17) is 0 Å². The Kier molecular flexibility index (Phi) is 3.60. The molecule has 0 fully saturated rings. The summed E-state index contributed by atoms with van der Waals surface area (Å²) in [6.45, 7) is 0. The van der Waals surface area contributed by atoms with Gasteiger partial charge in [0.05, 0.1) is 26.8 Å². The minimum Gasteiger partial charge on any atom is -0.376 e. The van der Waals surface area contributed by atoms with Crippen molar-refractivity contribution in [3.63, 3.8) is 0 Å². The number of carbonyl (C=O) groups excluding carboxylic acids is 1. The van der Waals surface area contributed by atoms with Crippen LogP contribution in [0.2, 0.25) is 0 Å². The number of aromatic amines is 2. The lowest BCUT2D eigenvalue weighted by Crippen LogP contribution is -2.17.